The molecule has 1 heterocycles. The first-order chi connectivity index (χ1) is 9.31. The van der Waals surface area contributed by atoms with Crippen molar-refractivity contribution < 1.29 is 8.42 Å². The molecule has 0 unspecified atom stereocenters. The fraction of sp³-hybridized carbons (Fsp3) is 0.308. The number of nitrogen functional groups attached to an aromatic ring is 1. The lowest BCUT2D eigenvalue weighted by atomic mass is 10.2. The van der Waals surface area contributed by atoms with Crippen LogP contribution in [0.3, 0.4) is 0 Å². The third-order valence-corrected chi connectivity index (χ3v) is 4.52. The van der Waals surface area contributed by atoms with Crippen LogP contribution >= 0.6 is 0 Å². The van der Waals surface area contributed by atoms with E-state index in [0.717, 1.165) is 0 Å². The van der Waals surface area contributed by atoms with Crippen LogP contribution < -0.4 is 10.5 Å². The van der Waals surface area contributed by atoms with Gasteiger partial charge in [0.2, 0.25) is 0 Å². The summed E-state index contributed by atoms with van der Waals surface area (Å²) in [5, 5.41) is 4.10. The number of nitrogens with two attached hydrogens (primary N) is 1. The highest BCUT2D eigenvalue weighted by atomic mass is 32.2. The van der Waals surface area contributed by atoms with E-state index in [1.165, 1.54) is 12.3 Å². The summed E-state index contributed by atoms with van der Waals surface area (Å²) < 4.78 is 28.9. The fourth-order valence-electron chi connectivity index (χ4n) is 1.81. The van der Waals surface area contributed by atoms with Gasteiger partial charge in [-0.25, -0.2) is 8.42 Å². The Balaban J connectivity index is 2.33. The molecule has 108 valence electrons. The Labute approximate surface area is 118 Å². The number of hydrogen-bond acceptors (Lipinski definition) is 4. The second-order valence-electron chi connectivity index (χ2n) is 4.88. The van der Waals surface area contributed by atoms with E-state index >= 15 is 0 Å². The third-order valence-electron chi connectivity index (χ3n) is 3.00. The summed E-state index contributed by atoms with van der Waals surface area (Å²) in [5.41, 5.74) is 7.16. The van der Waals surface area contributed by atoms with Gasteiger partial charge < -0.3 is 5.73 Å². The average molecular weight is 294 g/mol. The number of benzene rings is 1. The van der Waals surface area contributed by atoms with Crippen LogP contribution in [0.4, 0.5) is 11.4 Å². The standard InChI is InChI=1S/C13H18N4O2S/c1-9(2)17-8-11(7-15-17)16-20(18,19)13-6-4-5-12(14)10(13)3/h4-9,16H,14H2,1-3H3. The summed E-state index contributed by atoms with van der Waals surface area (Å²) in [7, 11) is -3.66. The monoisotopic (exact) mass is 294 g/mol. The summed E-state index contributed by atoms with van der Waals surface area (Å²) in [6.07, 6.45) is 3.14. The van der Waals surface area contributed by atoms with Crippen molar-refractivity contribution in [2.45, 2.75) is 31.7 Å². The van der Waals surface area contributed by atoms with Crippen LogP contribution in [0, 0.1) is 6.92 Å². The van der Waals surface area contributed by atoms with Gasteiger partial charge >= 0.3 is 0 Å². The second-order valence-corrected chi connectivity index (χ2v) is 6.53. The SMILES string of the molecule is Cc1c(N)cccc1S(=O)(=O)Nc1cnn(C(C)C)c1. The predicted octanol–water partition coefficient (Wildman–Crippen LogP) is 2.16. The molecule has 0 radical (unpaired) electrons. The molecule has 0 saturated carbocycles. The summed E-state index contributed by atoms with van der Waals surface area (Å²) >= 11 is 0. The summed E-state index contributed by atoms with van der Waals surface area (Å²) in [4.78, 5) is 0.176. The third kappa shape index (κ3) is 2.77. The van der Waals surface area contributed by atoms with Crippen LogP contribution in [-0.4, -0.2) is 18.2 Å². The van der Waals surface area contributed by atoms with Gasteiger partial charge in [-0.05, 0) is 38.5 Å². The molecule has 1 aromatic heterocycles. The van der Waals surface area contributed by atoms with E-state index in [9.17, 15) is 8.42 Å². The zero-order valence-electron chi connectivity index (χ0n) is 11.7. The van der Waals surface area contributed by atoms with Crippen LogP contribution in [0.2, 0.25) is 0 Å². The summed E-state index contributed by atoms with van der Waals surface area (Å²) in [5.74, 6) is 0. The number of anilines is 2. The Morgan fingerprint density at radius 3 is 2.65 bits per heavy atom. The lowest BCUT2D eigenvalue weighted by Gasteiger charge is -2.10. The molecule has 1 aromatic carbocycles. The highest BCUT2D eigenvalue weighted by Crippen LogP contribution is 2.23. The Morgan fingerprint density at radius 2 is 2.05 bits per heavy atom. The molecule has 7 heteroatoms. The Bertz CT molecular complexity index is 720. The van der Waals surface area contributed by atoms with Crippen molar-refractivity contribution in [2.75, 3.05) is 10.5 Å². The Morgan fingerprint density at radius 1 is 1.35 bits per heavy atom. The van der Waals surface area contributed by atoms with E-state index in [1.807, 2.05) is 13.8 Å². The molecule has 2 aromatic rings. The molecule has 0 aliphatic rings. The van der Waals surface area contributed by atoms with Gasteiger partial charge in [-0.2, -0.15) is 5.10 Å². The highest BCUT2D eigenvalue weighted by molar-refractivity contribution is 7.92. The van der Waals surface area contributed by atoms with Crippen molar-refractivity contribution in [2.24, 2.45) is 0 Å². The normalized spacial score (nSPS) is 11.8. The molecule has 0 fully saturated rings. The number of rotatable bonds is 4. The minimum absolute atomic E-state index is 0.169. The van der Waals surface area contributed by atoms with Crippen LogP contribution in [0.5, 0.6) is 0 Å². The van der Waals surface area contributed by atoms with Gasteiger partial charge in [0.1, 0.15) is 0 Å². The smallest absolute Gasteiger partial charge is 0.262 e. The maximum Gasteiger partial charge on any atom is 0.262 e. The number of aromatic nitrogens is 2. The number of nitrogens with zero attached hydrogens (tertiary/aromatic N) is 2. The number of nitrogens with one attached hydrogen (secondary N) is 1. The molecule has 2 rings (SSSR count). The number of hydrogen-bond donors (Lipinski definition) is 2. The van der Waals surface area contributed by atoms with E-state index in [0.29, 0.717) is 16.9 Å². The van der Waals surface area contributed by atoms with E-state index in [4.69, 9.17) is 5.73 Å². The van der Waals surface area contributed by atoms with Gasteiger partial charge in [-0.3, -0.25) is 9.40 Å². The average Bonchev–Trinajstić information content (AvgIpc) is 2.80. The van der Waals surface area contributed by atoms with Gasteiger partial charge in [-0.15, -0.1) is 0 Å². The highest BCUT2D eigenvalue weighted by Gasteiger charge is 2.18. The first kappa shape index (κ1) is 14.4. The molecule has 0 saturated heterocycles. The first-order valence-corrected chi connectivity index (χ1v) is 7.71. The molecule has 6 nitrogen and oxygen atoms in total. The van der Waals surface area contributed by atoms with Crippen molar-refractivity contribution in [3.05, 3.63) is 36.2 Å². The predicted molar refractivity (Wildman–Crippen MR) is 79.0 cm³/mol. The fourth-order valence-corrected chi connectivity index (χ4v) is 3.11. The van der Waals surface area contributed by atoms with Crippen molar-refractivity contribution in [3.8, 4) is 0 Å². The van der Waals surface area contributed by atoms with Gasteiger partial charge in [0.15, 0.2) is 0 Å². The quantitative estimate of drug-likeness (QED) is 0.845. The van der Waals surface area contributed by atoms with Gasteiger partial charge in [0, 0.05) is 17.9 Å². The van der Waals surface area contributed by atoms with Gasteiger partial charge in [0.25, 0.3) is 10.0 Å². The van der Waals surface area contributed by atoms with E-state index in [1.54, 1.807) is 29.9 Å². The maximum absolute atomic E-state index is 12.4. The molecule has 3 N–H and O–H groups in total. The van der Waals surface area contributed by atoms with E-state index in [2.05, 4.69) is 9.82 Å². The molecular formula is C13H18N4O2S. The van der Waals surface area contributed by atoms with Gasteiger partial charge in [0.05, 0.1) is 16.8 Å². The Hall–Kier alpha value is -2.02. The van der Waals surface area contributed by atoms with Crippen molar-refractivity contribution in [1.82, 2.24) is 9.78 Å². The molecule has 20 heavy (non-hydrogen) atoms. The van der Waals surface area contributed by atoms with E-state index in [-0.39, 0.29) is 10.9 Å². The van der Waals surface area contributed by atoms with Crippen LogP contribution in [0.15, 0.2) is 35.5 Å². The molecular weight excluding hydrogens is 276 g/mol. The zero-order chi connectivity index (χ0) is 14.9. The van der Waals surface area contributed by atoms with Crippen molar-refractivity contribution >= 4 is 21.4 Å². The largest absolute Gasteiger partial charge is 0.398 e. The first-order valence-electron chi connectivity index (χ1n) is 6.23. The van der Waals surface area contributed by atoms with Crippen LogP contribution in [0.1, 0.15) is 25.5 Å². The van der Waals surface area contributed by atoms with Gasteiger partial charge in [-0.1, -0.05) is 6.07 Å². The lowest BCUT2D eigenvalue weighted by molar-refractivity contribution is 0.532. The number of sulfonamides is 1. The summed E-state index contributed by atoms with van der Waals surface area (Å²) in [6.45, 7) is 5.61. The molecule has 0 aliphatic carbocycles. The molecule has 0 spiro atoms. The lowest BCUT2D eigenvalue weighted by Crippen LogP contribution is -2.14. The van der Waals surface area contributed by atoms with E-state index < -0.39 is 10.0 Å². The molecule has 0 atom stereocenters. The molecule has 0 aliphatic heterocycles. The van der Waals surface area contributed by atoms with Crippen LogP contribution in [-0.2, 0) is 10.0 Å². The van der Waals surface area contributed by atoms with Crippen LogP contribution in [0.25, 0.3) is 0 Å². The Kier molecular flexibility index (Phi) is 3.71. The van der Waals surface area contributed by atoms with Crippen molar-refractivity contribution in [1.29, 1.82) is 0 Å². The molecule has 0 amide bonds. The molecule has 0 bridgehead atoms. The van der Waals surface area contributed by atoms with Crippen molar-refractivity contribution in [3.63, 3.8) is 0 Å². The minimum atomic E-state index is -3.66. The zero-order valence-corrected chi connectivity index (χ0v) is 12.5. The maximum atomic E-state index is 12.4. The topological polar surface area (TPSA) is 90.0 Å². The summed E-state index contributed by atoms with van der Waals surface area (Å²) in [6, 6.07) is 4.99. The minimum Gasteiger partial charge on any atom is -0.398 e. The second kappa shape index (κ2) is 5.16.